The van der Waals surface area contributed by atoms with Gasteiger partial charge in [0.1, 0.15) is 5.69 Å². The number of unbranched alkanes of at least 4 members (excludes halogenated alkanes) is 1. The van der Waals surface area contributed by atoms with Gasteiger partial charge in [0.2, 0.25) is 0 Å². The highest BCUT2D eigenvalue weighted by molar-refractivity contribution is 6.30. The van der Waals surface area contributed by atoms with Crippen LogP contribution in [0, 0.1) is 0 Å². The van der Waals surface area contributed by atoms with E-state index in [0.29, 0.717) is 24.5 Å². The van der Waals surface area contributed by atoms with Crippen LogP contribution >= 0.6 is 11.6 Å². The van der Waals surface area contributed by atoms with Gasteiger partial charge in [-0.3, -0.25) is 9.59 Å². The van der Waals surface area contributed by atoms with Crippen molar-refractivity contribution in [2.75, 3.05) is 6.54 Å². The van der Waals surface area contributed by atoms with E-state index >= 15 is 0 Å². The number of nitrogens with zero attached hydrogens (tertiary/aromatic N) is 2. The number of carbonyl (C=O) groups is 1. The molecule has 1 amide bonds. The minimum absolute atomic E-state index is 0.184. The molecule has 23 heavy (non-hydrogen) atoms. The molecular weight excluding hydrogens is 314 g/mol. The lowest BCUT2D eigenvalue weighted by atomic mass is 10.1. The van der Waals surface area contributed by atoms with Gasteiger partial charge in [-0.25, -0.2) is 4.68 Å². The molecule has 0 atom stereocenters. The number of rotatable bonds is 7. The third kappa shape index (κ3) is 5.21. The molecule has 0 spiro atoms. The third-order valence-corrected chi connectivity index (χ3v) is 3.69. The molecule has 122 valence electrons. The average Bonchev–Trinajstić information content (AvgIpc) is 2.56. The molecule has 2 rings (SSSR count). The second-order valence-electron chi connectivity index (χ2n) is 5.27. The number of halogens is 1. The van der Waals surface area contributed by atoms with Crippen molar-refractivity contribution in [2.24, 2.45) is 0 Å². The van der Waals surface area contributed by atoms with E-state index in [-0.39, 0.29) is 17.2 Å². The summed E-state index contributed by atoms with van der Waals surface area (Å²) in [5, 5.41) is 7.63. The number of hydrogen-bond acceptors (Lipinski definition) is 3. The molecule has 2 aromatic rings. The number of hydrogen-bond donors (Lipinski definition) is 1. The van der Waals surface area contributed by atoms with Crippen LogP contribution in [0.5, 0.6) is 0 Å². The molecule has 1 N–H and O–H groups in total. The minimum atomic E-state index is -0.274. The number of benzene rings is 1. The maximum absolute atomic E-state index is 12.1. The third-order valence-electron chi connectivity index (χ3n) is 3.44. The van der Waals surface area contributed by atoms with E-state index in [1.54, 1.807) is 0 Å². The van der Waals surface area contributed by atoms with Gasteiger partial charge >= 0.3 is 0 Å². The summed E-state index contributed by atoms with van der Waals surface area (Å²) in [7, 11) is 0. The van der Waals surface area contributed by atoms with Gasteiger partial charge in [0.25, 0.3) is 11.5 Å². The highest BCUT2D eigenvalue weighted by Crippen LogP contribution is 2.09. The molecule has 5 nitrogen and oxygen atoms in total. The maximum atomic E-state index is 12.1. The Hall–Kier alpha value is -2.14. The number of amides is 1. The van der Waals surface area contributed by atoms with Crippen molar-refractivity contribution in [3.8, 4) is 0 Å². The highest BCUT2D eigenvalue weighted by atomic mass is 35.5. The van der Waals surface area contributed by atoms with Crippen LogP contribution in [0.15, 0.2) is 41.2 Å². The van der Waals surface area contributed by atoms with Gasteiger partial charge in [-0.1, -0.05) is 37.1 Å². The smallest absolute Gasteiger partial charge is 0.271 e. The Morgan fingerprint density at radius 1 is 1.22 bits per heavy atom. The van der Waals surface area contributed by atoms with Crippen LogP contribution in [0.3, 0.4) is 0 Å². The average molecular weight is 334 g/mol. The SMILES string of the molecule is CCCCn1nc(C(=O)NCCc2ccc(Cl)cc2)ccc1=O. The topological polar surface area (TPSA) is 64.0 Å². The maximum Gasteiger partial charge on any atom is 0.271 e. The van der Waals surface area contributed by atoms with Crippen molar-refractivity contribution in [1.82, 2.24) is 15.1 Å². The molecule has 0 aliphatic carbocycles. The summed E-state index contributed by atoms with van der Waals surface area (Å²) < 4.78 is 1.34. The van der Waals surface area contributed by atoms with Gasteiger partial charge in [-0.05, 0) is 36.6 Å². The Morgan fingerprint density at radius 2 is 1.96 bits per heavy atom. The van der Waals surface area contributed by atoms with Crippen LogP contribution in [0.25, 0.3) is 0 Å². The van der Waals surface area contributed by atoms with Gasteiger partial charge in [0.05, 0.1) is 0 Å². The van der Waals surface area contributed by atoms with Crippen LogP contribution in [0.4, 0.5) is 0 Å². The first-order valence-corrected chi connectivity index (χ1v) is 8.08. The zero-order valence-electron chi connectivity index (χ0n) is 13.1. The number of nitrogens with one attached hydrogen (secondary N) is 1. The molecule has 0 fully saturated rings. The summed E-state index contributed by atoms with van der Waals surface area (Å²) in [4.78, 5) is 23.8. The Morgan fingerprint density at radius 3 is 2.65 bits per heavy atom. The summed E-state index contributed by atoms with van der Waals surface area (Å²) >= 11 is 5.83. The molecule has 0 radical (unpaired) electrons. The Labute approximate surface area is 140 Å². The minimum Gasteiger partial charge on any atom is -0.350 e. The van der Waals surface area contributed by atoms with Crippen molar-refractivity contribution in [1.29, 1.82) is 0 Å². The molecule has 0 aliphatic heterocycles. The monoisotopic (exact) mass is 333 g/mol. The Kier molecular flexibility index (Phi) is 6.35. The van der Waals surface area contributed by atoms with E-state index < -0.39 is 0 Å². The van der Waals surface area contributed by atoms with Gasteiger partial charge in [0.15, 0.2) is 0 Å². The molecule has 0 saturated heterocycles. The van der Waals surface area contributed by atoms with Crippen molar-refractivity contribution >= 4 is 17.5 Å². The van der Waals surface area contributed by atoms with Gasteiger partial charge in [-0.2, -0.15) is 5.10 Å². The molecule has 0 unspecified atom stereocenters. The Bertz CT molecular complexity index is 711. The predicted molar refractivity (Wildman–Crippen MR) is 90.9 cm³/mol. The number of carbonyl (C=O) groups excluding carboxylic acids is 1. The zero-order chi connectivity index (χ0) is 16.7. The first kappa shape index (κ1) is 17.2. The lowest BCUT2D eigenvalue weighted by Gasteiger charge is -2.07. The lowest BCUT2D eigenvalue weighted by molar-refractivity contribution is 0.0946. The van der Waals surface area contributed by atoms with E-state index in [4.69, 9.17) is 11.6 Å². The standard InChI is InChI=1S/C17H20ClN3O2/c1-2-3-12-21-16(22)9-8-15(20-21)17(23)19-11-10-13-4-6-14(18)7-5-13/h4-9H,2-3,10-12H2,1H3,(H,19,23). The van der Waals surface area contributed by atoms with E-state index in [2.05, 4.69) is 10.4 Å². The van der Waals surface area contributed by atoms with Crippen LogP contribution in [0.1, 0.15) is 35.8 Å². The van der Waals surface area contributed by atoms with Gasteiger partial charge < -0.3 is 5.32 Å². The van der Waals surface area contributed by atoms with Crippen LogP contribution in [0.2, 0.25) is 5.02 Å². The summed E-state index contributed by atoms with van der Waals surface area (Å²) in [6, 6.07) is 10.3. The Balaban J connectivity index is 1.92. The van der Waals surface area contributed by atoms with E-state index in [1.807, 2.05) is 31.2 Å². The van der Waals surface area contributed by atoms with E-state index in [9.17, 15) is 9.59 Å². The predicted octanol–water partition coefficient (Wildman–Crippen LogP) is 2.67. The first-order valence-electron chi connectivity index (χ1n) is 7.71. The second-order valence-corrected chi connectivity index (χ2v) is 5.70. The van der Waals surface area contributed by atoms with Crippen LogP contribution in [-0.2, 0) is 13.0 Å². The molecule has 0 saturated carbocycles. The molecule has 0 bridgehead atoms. The highest BCUT2D eigenvalue weighted by Gasteiger charge is 2.09. The molecule has 6 heteroatoms. The zero-order valence-corrected chi connectivity index (χ0v) is 13.8. The summed E-state index contributed by atoms with van der Waals surface area (Å²) in [5.74, 6) is -0.274. The number of aryl methyl sites for hydroxylation is 1. The molecule has 0 aliphatic rings. The molecule has 1 heterocycles. The van der Waals surface area contributed by atoms with Crippen molar-refractivity contribution in [3.05, 3.63) is 63.0 Å². The summed E-state index contributed by atoms with van der Waals surface area (Å²) in [6.45, 7) is 3.07. The van der Waals surface area contributed by atoms with Gasteiger partial charge in [0, 0.05) is 24.2 Å². The molecule has 1 aromatic heterocycles. The van der Waals surface area contributed by atoms with E-state index in [1.165, 1.54) is 16.8 Å². The fourth-order valence-corrected chi connectivity index (χ4v) is 2.23. The van der Waals surface area contributed by atoms with Crippen LogP contribution < -0.4 is 10.9 Å². The fraction of sp³-hybridized carbons (Fsp3) is 0.353. The molecule has 1 aromatic carbocycles. The number of aromatic nitrogens is 2. The lowest BCUT2D eigenvalue weighted by Crippen LogP contribution is -2.30. The molecular formula is C17H20ClN3O2. The van der Waals surface area contributed by atoms with Crippen LogP contribution in [-0.4, -0.2) is 22.2 Å². The second kappa shape index (κ2) is 8.48. The fourth-order valence-electron chi connectivity index (χ4n) is 2.10. The summed E-state index contributed by atoms with van der Waals surface area (Å²) in [6.07, 6.45) is 2.53. The van der Waals surface area contributed by atoms with Crippen molar-refractivity contribution in [2.45, 2.75) is 32.7 Å². The first-order chi connectivity index (χ1) is 11.1. The summed E-state index contributed by atoms with van der Waals surface area (Å²) in [5.41, 5.74) is 1.17. The van der Waals surface area contributed by atoms with Gasteiger partial charge in [-0.15, -0.1) is 0 Å². The van der Waals surface area contributed by atoms with Crippen molar-refractivity contribution in [3.63, 3.8) is 0 Å². The van der Waals surface area contributed by atoms with E-state index in [0.717, 1.165) is 18.4 Å². The van der Waals surface area contributed by atoms with Crippen molar-refractivity contribution < 1.29 is 4.79 Å². The largest absolute Gasteiger partial charge is 0.350 e. The quantitative estimate of drug-likeness (QED) is 0.847. The normalized spacial score (nSPS) is 10.5.